The van der Waals surface area contributed by atoms with Gasteiger partial charge in [0.2, 0.25) is 0 Å². The third-order valence-electron chi connectivity index (χ3n) is 3.27. The zero-order valence-corrected chi connectivity index (χ0v) is 13.0. The fourth-order valence-electron chi connectivity index (χ4n) is 2.10. The highest BCUT2D eigenvalue weighted by atomic mass is 19.1. The van der Waals surface area contributed by atoms with E-state index < -0.39 is 0 Å². The van der Waals surface area contributed by atoms with Crippen molar-refractivity contribution in [2.75, 3.05) is 6.61 Å². The molecule has 1 amide bonds. The van der Waals surface area contributed by atoms with Crippen molar-refractivity contribution in [3.05, 3.63) is 29.6 Å². The fraction of sp³-hybridized carbons (Fsp3) is 0.562. The van der Waals surface area contributed by atoms with Crippen LogP contribution in [0.25, 0.3) is 0 Å². The van der Waals surface area contributed by atoms with Gasteiger partial charge in [0.05, 0.1) is 0 Å². The minimum absolute atomic E-state index is 0.0753. The van der Waals surface area contributed by atoms with Gasteiger partial charge in [0.15, 0.2) is 6.61 Å². The Morgan fingerprint density at radius 2 is 2.05 bits per heavy atom. The van der Waals surface area contributed by atoms with Crippen LogP contribution in [0.1, 0.15) is 39.2 Å². The minimum Gasteiger partial charge on any atom is -0.483 e. The molecule has 0 heterocycles. The Morgan fingerprint density at radius 1 is 1.38 bits per heavy atom. The molecule has 0 radical (unpaired) electrons. The van der Waals surface area contributed by atoms with Crippen molar-refractivity contribution >= 4 is 5.91 Å². The van der Waals surface area contributed by atoms with E-state index in [2.05, 4.69) is 5.32 Å². The van der Waals surface area contributed by atoms with Crippen molar-refractivity contribution in [1.82, 2.24) is 5.32 Å². The number of amides is 1. The second-order valence-electron chi connectivity index (χ2n) is 5.30. The van der Waals surface area contributed by atoms with Gasteiger partial charge in [0, 0.05) is 12.1 Å². The first kappa shape index (κ1) is 17.4. The van der Waals surface area contributed by atoms with Gasteiger partial charge in [-0.3, -0.25) is 4.79 Å². The highest BCUT2D eigenvalue weighted by Gasteiger charge is 2.12. The standard InChI is InChI=1S/C16H25FN2O2/c1-4-14(5-2)19-16(20)10-21-15-7-6-13(17)9-12(15)8-11(3)18/h6-7,9,11,14H,4-5,8,10,18H2,1-3H3,(H,19,20). The van der Waals surface area contributed by atoms with Crippen LogP contribution in [0.4, 0.5) is 4.39 Å². The van der Waals surface area contributed by atoms with Gasteiger partial charge >= 0.3 is 0 Å². The summed E-state index contributed by atoms with van der Waals surface area (Å²) in [6, 6.07) is 4.32. The maximum absolute atomic E-state index is 13.3. The van der Waals surface area contributed by atoms with Crippen LogP contribution in [0.15, 0.2) is 18.2 Å². The van der Waals surface area contributed by atoms with Crippen LogP contribution in [0.3, 0.4) is 0 Å². The molecule has 0 aliphatic heterocycles. The number of carbonyl (C=O) groups is 1. The summed E-state index contributed by atoms with van der Waals surface area (Å²) in [7, 11) is 0. The topological polar surface area (TPSA) is 64.3 Å². The normalized spacial score (nSPS) is 12.3. The highest BCUT2D eigenvalue weighted by Crippen LogP contribution is 2.21. The SMILES string of the molecule is CCC(CC)NC(=O)COc1ccc(F)cc1CC(C)N. The molecule has 0 aliphatic carbocycles. The molecule has 0 saturated carbocycles. The Labute approximate surface area is 125 Å². The van der Waals surface area contributed by atoms with E-state index in [1.807, 2.05) is 20.8 Å². The van der Waals surface area contributed by atoms with Crippen LogP contribution in [0.2, 0.25) is 0 Å². The van der Waals surface area contributed by atoms with Gasteiger partial charge in [0.1, 0.15) is 11.6 Å². The molecule has 21 heavy (non-hydrogen) atoms. The molecule has 3 N–H and O–H groups in total. The van der Waals surface area contributed by atoms with Crippen LogP contribution in [-0.4, -0.2) is 24.6 Å². The average Bonchev–Trinajstić information content (AvgIpc) is 2.43. The van der Waals surface area contributed by atoms with E-state index in [0.717, 1.165) is 12.8 Å². The highest BCUT2D eigenvalue weighted by molar-refractivity contribution is 5.77. The van der Waals surface area contributed by atoms with Gasteiger partial charge < -0.3 is 15.8 Å². The minimum atomic E-state index is -0.334. The number of nitrogens with two attached hydrogens (primary N) is 1. The number of benzene rings is 1. The lowest BCUT2D eigenvalue weighted by molar-refractivity contribution is -0.123. The second kappa shape index (κ2) is 8.62. The molecule has 0 saturated heterocycles. The average molecular weight is 296 g/mol. The summed E-state index contributed by atoms with van der Waals surface area (Å²) in [6.45, 7) is 5.81. The molecule has 1 unspecified atom stereocenters. The molecule has 0 spiro atoms. The number of halogens is 1. The van der Waals surface area contributed by atoms with E-state index in [1.54, 1.807) is 0 Å². The Kier molecular flexibility index (Phi) is 7.15. The van der Waals surface area contributed by atoms with Crippen LogP contribution >= 0.6 is 0 Å². The molecule has 0 bridgehead atoms. The van der Waals surface area contributed by atoms with Crippen molar-refractivity contribution in [1.29, 1.82) is 0 Å². The van der Waals surface area contributed by atoms with Gasteiger partial charge in [-0.15, -0.1) is 0 Å². The maximum Gasteiger partial charge on any atom is 0.258 e. The van der Waals surface area contributed by atoms with Gasteiger partial charge in [-0.05, 0) is 49.9 Å². The van der Waals surface area contributed by atoms with Crippen LogP contribution in [-0.2, 0) is 11.2 Å². The molecule has 1 aromatic rings. The number of hydrogen-bond acceptors (Lipinski definition) is 3. The molecular formula is C16H25FN2O2. The first-order valence-corrected chi connectivity index (χ1v) is 7.42. The smallest absolute Gasteiger partial charge is 0.258 e. The largest absolute Gasteiger partial charge is 0.483 e. The van der Waals surface area contributed by atoms with Gasteiger partial charge in [-0.1, -0.05) is 13.8 Å². The maximum atomic E-state index is 13.3. The molecular weight excluding hydrogens is 271 g/mol. The molecule has 0 aliphatic rings. The zero-order valence-electron chi connectivity index (χ0n) is 13.0. The van der Waals surface area contributed by atoms with Crippen LogP contribution in [0.5, 0.6) is 5.75 Å². The first-order valence-electron chi connectivity index (χ1n) is 7.42. The number of nitrogens with one attached hydrogen (secondary N) is 1. The lowest BCUT2D eigenvalue weighted by atomic mass is 10.1. The zero-order chi connectivity index (χ0) is 15.8. The predicted octanol–water partition coefficient (Wildman–Crippen LogP) is 2.40. The molecule has 1 rings (SSSR count). The van der Waals surface area contributed by atoms with E-state index >= 15 is 0 Å². The summed E-state index contributed by atoms with van der Waals surface area (Å²) >= 11 is 0. The van der Waals surface area contributed by atoms with E-state index in [-0.39, 0.29) is 30.4 Å². The first-order chi connectivity index (χ1) is 9.96. The third kappa shape index (κ3) is 6.12. The Balaban J connectivity index is 2.64. The molecule has 5 heteroatoms. The summed E-state index contributed by atoms with van der Waals surface area (Å²) in [4.78, 5) is 11.8. The fourth-order valence-corrected chi connectivity index (χ4v) is 2.10. The van der Waals surface area contributed by atoms with E-state index in [9.17, 15) is 9.18 Å². The number of ether oxygens (including phenoxy) is 1. The summed E-state index contributed by atoms with van der Waals surface area (Å²) in [6.07, 6.45) is 2.27. The molecule has 0 aromatic heterocycles. The van der Waals surface area contributed by atoms with Gasteiger partial charge in [-0.25, -0.2) is 4.39 Å². The Morgan fingerprint density at radius 3 is 2.62 bits per heavy atom. The van der Waals surface area contributed by atoms with E-state index in [4.69, 9.17) is 10.5 Å². The predicted molar refractivity (Wildman–Crippen MR) is 81.8 cm³/mol. The molecule has 1 atom stereocenters. The molecule has 118 valence electrons. The third-order valence-corrected chi connectivity index (χ3v) is 3.27. The number of hydrogen-bond donors (Lipinski definition) is 2. The van der Waals surface area contributed by atoms with Crippen LogP contribution < -0.4 is 15.8 Å². The Bertz CT molecular complexity index is 460. The quantitative estimate of drug-likeness (QED) is 0.774. The number of rotatable bonds is 8. The van der Waals surface area contributed by atoms with E-state index in [0.29, 0.717) is 17.7 Å². The van der Waals surface area contributed by atoms with Crippen molar-refractivity contribution in [2.24, 2.45) is 5.73 Å². The lowest BCUT2D eigenvalue weighted by Crippen LogP contribution is -2.37. The van der Waals surface area contributed by atoms with Crippen molar-refractivity contribution < 1.29 is 13.9 Å². The Hall–Kier alpha value is -1.62. The van der Waals surface area contributed by atoms with Crippen molar-refractivity contribution in [3.8, 4) is 5.75 Å². The van der Waals surface area contributed by atoms with Crippen LogP contribution in [0, 0.1) is 5.82 Å². The molecule has 0 fully saturated rings. The summed E-state index contributed by atoms with van der Waals surface area (Å²) < 4.78 is 18.8. The van der Waals surface area contributed by atoms with Crippen molar-refractivity contribution in [2.45, 2.75) is 52.1 Å². The van der Waals surface area contributed by atoms with Crippen molar-refractivity contribution in [3.63, 3.8) is 0 Å². The summed E-state index contributed by atoms with van der Waals surface area (Å²) in [5.41, 5.74) is 6.42. The molecule has 4 nitrogen and oxygen atoms in total. The summed E-state index contributed by atoms with van der Waals surface area (Å²) in [5, 5.41) is 2.90. The monoisotopic (exact) mass is 296 g/mol. The van der Waals surface area contributed by atoms with Gasteiger partial charge in [-0.2, -0.15) is 0 Å². The summed E-state index contributed by atoms with van der Waals surface area (Å²) in [5.74, 6) is 0.00708. The second-order valence-corrected chi connectivity index (χ2v) is 5.30. The number of carbonyl (C=O) groups excluding carboxylic acids is 1. The van der Waals surface area contributed by atoms with E-state index in [1.165, 1.54) is 18.2 Å². The molecule has 1 aromatic carbocycles. The lowest BCUT2D eigenvalue weighted by Gasteiger charge is -2.16. The van der Waals surface area contributed by atoms with Gasteiger partial charge in [0.25, 0.3) is 5.91 Å².